The fourth-order valence-corrected chi connectivity index (χ4v) is 3.55. The summed E-state index contributed by atoms with van der Waals surface area (Å²) in [6, 6.07) is 4.85. The number of anilines is 1. The summed E-state index contributed by atoms with van der Waals surface area (Å²) < 4.78 is 59.2. The topological polar surface area (TPSA) is 113 Å². The molecule has 32 heavy (non-hydrogen) atoms. The van der Waals surface area contributed by atoms with Crippen molar-refractivity contribution in [3.8, 4) is 6.07 Å². The van der Waals surface area contributed by atoms with E-state index in [0.29, 0.717) is 5.56 Å². The molecule has 0 fully saturated rings. The van der Waals surface area contributed by atoms with E-state index < -0.39 is 47.0 Å². The van der Waals surface area contributed by atoms with Crippen LogP contribution in [0, 0.1) is 24.1 Å². The number of alkyl halides is 3. The van der Waals surface area contributed by atoms with Crippen LogP contribution in [0.4, 0.5) is 23.2 Å². The predicted octanol–water partition coefficient (Wildman–Crippen LogP) is 4.19. The Morgan fingerprint density at radius 2 is 2.09 bits per heavy atom. The normalized spacial score (nSPS) is 20.7. The van der Waals surface area contributed by atoms with Crippen molar-refractivity contribution < 1.29 is 27.1 Å². The summed E-state index contributed by atoms with van der Waals surface area (Å²) >= 11 is 5.95. The number of nitrogens with one attached hydrogen (secondary N) is 1. The van der Waals surface area contributed by atoms with Gasteiger partial charge in [0.2, 0.25) is 0 Å². The van der Waals surface area contributed by atoms with Gasteiger partial charge in [-0.1, -0.05) is 11.6 Å². The van der Waals surface area contributed by atoms with Crippen LogP contribution in [0.2, 0.25) is 5.02 Å². The Bertz CT molecular complexity index is 1160. The van der Waals surface area contributed by atoms with Crippen molar-refractivity contribution in [1.29, 1.82) is 5.26 Å². The maximum atomic E-state index is 14.9. The third kappa shape index (κ3) is 4.60. The van der Waals surface area contributed by atoms with Crippen LogP contribution in [-0.4, -0.2) is 29.2 Å². The molecule has 2 heterocycles. The highest BCUT2D eigenvalue weighted by atomic mass is 35.5. The number of rotatable bonds is 3. The number of carbonyl (C=O) groups excluding carboxylic acids is 1. The zero-order valence-corrected chi connectivity index (χ0v) is 17.5. The minimum absolute atomic E-state index is 0.00248. The highest BCUT2D eigenvalue weighted by Crippen LogP contribution is 2.42. The number of hydrogen-bond donors (Lipinski definition) is 2. The van der Waals surface area contributed by atoms with Gasteiger partial charge < -0.3 is 15.8 Å². The Labute approximate surface area is 184 Å². The second-order valence-electron chi connectivity index (χ2n) is 7.35. The molecule has 2 unspecified atom stereocenters. The van der Waals surface area contributed by atoms with Gasteiger partial charge in [0.25, 0.3) is 11.9 Å². The van der Waals surface area contributed by atoms with Crippen molar-refractivity contribution in [3.05, 3.63) is 57.6 Å². The van der Waals surface area contributed by atoms with Crippen LogP contribution in [-0.2, 0) is 10.3 Å². The number of carbonyl (C=O) groups is 1. The van der Waals surface area contributed by atoms with Crippen molar-refractivity contribution in [2.45, 2.75) is 38.1 Å². The summed E-state index contributed by atoms with van der Waals surface area (Å²) in [5.41, 5.74) is 4.04. The first-order chi connectivity index (χ1) is 14.8. The molecule has 1 aliphatic heterocycles. The molecule has 0 radical (unpaired) electrons. The summed E-state index contributed by atoms with van der Waals surface area (Å²) in [5, 5.41) is 11.0. The Kier molecular flexibility index (Phi) is 6.02. The van der Waals surface area contributed by atoms with Gasteiger partial charge >= 0.3 is 6.18 Å². The van der Waals surface area contributed by atoms with Crippen LogP contribution in [0.25, 0.3) is 0 Å². The van der Waals surface area contributed by atoms with Crippen molar-refractivity contribution in [2.75, 3.05) is 5.32 Å². The monoisotopic (exact) mass is 469 g/mol. The van der Waals surface area contributed by atoms with E-state index in [2.05, 4.69) is 20.0 Å². The number of ether oxygens (including phenoxy) is 1. The summed E-state index contributed by atoms with van der Waals surface area (Å²) in [6.07, 6.45) is -6.60. The largest absolute Gasteiger partial charge is 0.452 e. The average molecular weight is 470 g/mol. The Morgan fingerprint density at radius 1 is 1.41 bits per heavy atom. The fraction of sp³-hybridized carbons (Fsp3) is 0.300. The third-order valence-corrected chi connectivity index (χ3v) is 5.13. The van der Waals surface area contributed by atoms with E-state index >= 15 is 0 Å². The number of halogens is 5. The number of amides is 1. The number of aryl methyl sites for hydroxylation is 1. The van der Waals surface area contributed by atoms with Gasteiger partial charge in [0.1, 0.15) is 17.6 Å². The first-order valence-electron chi connectivity index (χ1n) is 9.10. The maximum Gasteiger partial charge on any atom is 0.425 e. The quantitative estimate of drug-likeness (QED) is 0.654. The van der Waals surface area contributed by atoms with Crippen molar-refractivity contribution >= 4 is 29.2 Å². The lowest BCUT2D eigenvalue weighted by Crippen LogP contribution is -2.46. The van der Waals surface area contributed by atoms with E-state index in [4.69, 9.17) is 22.6 Å². The molecule has 2 aromatic rings. The number of hydrogen-bond acceptors (Lipinski definition) is 6. The summed E-state index contributed by atoms with van der Waals surface area (Å²) in [4.78, 5) is 20.4. The number of amidine groups is 1. The number of nitrogens with zero attached hydrogens (tertiary/aromatic N) is 3. The fourth-order valence-electron chi connectivity index (χ4n) is 3.33. The number of nitriles is 1. The molecule has 0 aliphatic carbocycles. The summed E-state index contributed by atoms with van der Waals surface area (Å²) in [7, 11) is 0. The SMILES string of the molecule is Cc1cc(C#N)cnc1C(=O)Nc1cc(Cl)c(F)c(C2(C)CC(C(F)(F)F)OC(N)=N2)c1. The highest BCUT2D eigenvalue weighted by Gasteiger charge is 2.50. The van der Waals surface area contributed by atoms with E-state index in [1.54, 1.807) is 6.92 Å². The first kappa shape index (κ1) is 23.3. The van der Waals surface area contributed by atoms with Gasteiger partial charge in [0.15, 0.2) is 6.10 Å². The Hall–Kier alpha value is -3.39. The number of benzene rings is 1. The average Bonchev–Trinajstić information content (AvgIpc) is 2.68. The Morgan fingerprint density at radius 3 is 2.69 bits per heavy atom. The van der Waals surface area contributed by atoms with E-state index in [0.717, 1.165) is 12.1 Å². The molecule has 3 rings (SSSR count). The zero-order chi connectivity index (χ0) is 23.8. The molecule has 168 valence electrons. The number of pyridine rings is 1. The molecular weight excluding hydrogens is 454 g/mol. The molecule has 7 nitrogen and oxygen atoms in total. The lowest BCUT2D eigenvalue weighted by atomic mass is 9.85. The second-order valence-corrected chi connectivity index (χ2v) is 7.76. The Balaban J connectivity index is 1.99. The zero-order valence-electron chi connectivity index (χ0n) is 16.7. The van der Waals surface area contributed by atoms with Crippen molar-refractivity contribution in [1.82, 2.24) is 4.98 Å². The smallest absolute Gasteiger partial charge is 0.425 e. The lowest BCUT2D eigenvalue weighted by Gasteiger charge is -2.36. The summed E-state index contributed by atoms with van der Waals surface area (Å²) in [6.45, 7) is 2.83. The van der Waals surface area contributed by atoms with Crippen LogP contribution in [0.5, 0.6) is 0 Å². The minimum Gasteiger partial charge on any atom is -0.452 e. The van der Waals surface area contributed by atoms with Gasteiger partial charge in [-0.2, -0.15) is 18.4 Å². The molecule has 3 N–H and O–H groups in total. The van der Waals surface area contributed by atoms with Gasteiger partial charge in [-0.05, 0) is 37.6 Å². The minimum atomic E-state index is -4.76. The molecular formula is C20H16ClF4N5O2. The van der Waals surface area contributed by atoms with Crippen molar-refractivity contribution in [3.63, 3.8) is 0 Å². The van der Waals surface area contributed by atoms with E-state index in [1.165, 1.54) is 19.2 Å². The molecule has 0 saturated heterocycles. The standard InChI is InChI=1S/C20H16ClF4N5O2/c1-9-3-10(7-26)8-28-16(9)17(31)29-11-4-12(15(22)13(21)5-11)19(2)6-14(20(23,24)25)32-18(27)30-19/h3-5,8,14H,6H2,1-2H3,(H2,27,30)(H,29,31). The molecule has 0 saturated carbocycles. The molecule has 0 spiro atoms. The van der Waals surface area contributed by atoms with E-state index in [1.807, 2.05) is 6.07 Å². The van der Waals surface area contributed by atoms with Crippen LogP contribution in [0.15, 0.2) is 29.4 Å². The molecule has 1 amide bonds. The first-order valence-corrected chi connectivity index (χ1v) is 9.48. The molecule has 12 heteroatoms. The molecule has 1 aromatic heterocycles. The van der Waals surface area contributed by atoms with E-state index in [9.17, 15) is 22.4 Å². The molecule has 1 aromatic carbocycles. The second kappa shape index (κ2) is 8.27. The number of nitrogens with two attached hydrogens (primary N) is 1. The van der Waals surface area contributed by atoms with Crippen LogP contribution >= 0.6 is 11.6 Å². The molecule has 1 aliphatic rings. The van der Waals surface area contributed by atoms with Crippen molar-refractivity contribution in [2.24, 2.45) is 10.7 Å². The van der Waals surface area contributed by atoms with Crippen LogP contribution in [0.3, 0.4) is 0 Å². The van der Waals surface area contributed by atoms with Gasteiger partial charge in [-0.15, -0.1) is 0 Å². The van der Waals surface area contributed by atoms with Gasteiger partial charge in [0, 0.05) is 23.9 Å². The van der Waals surface area contributed by atoms with E-state index in [-0.39, 0.29) is 22.5 Å². The summed E-state index contributed by atoms with van der Waals surface area (Å²) in [5.74, 6) is -1.69. The van der Waals surface area contributed by atoms with Crippen LogP contribution in [0.1, 0.15) is 40.5 Å². The highest BCUT2D eigenvalue weighted by molar-refractivity contribution is 6.31. The van der Waals surface area contributed by atoms with Gasteiger partial charge in [-0.25, -0.2) is 14.4 Å². The molecule has 2 atom stereocenters. The maximum absolute atomic E-state index is 14.9. The van der Waals surface area contributed by atoms with Gasteiger partial charge in [-0.3, -0.25) is 4.79 Å². The van der Waals surface area contributed by atoms with Gasteiger partial charge in [0.05, 0.1) is 16.1 Å². The lowest BCUT2D eigenvalue weighted by molar-refractivity contribution is -0.208. The van der Waals surface area contributed by atoms with Crippen LogP contribution < -0.4 is 11.1 Å². The molecule has 0 bridgehead atoms. The number of aliphatic imine (C=N–C) groups is 1. The predicted molar refractivity (Wildman–Crippen MR) is 108 cm³/mol. The number of aromatic nitrogens is 1. The third-order valence-electron chi connectivity index (χ3n) is 4.86.